The molecule has 122 valence electrons. The van der Waals surface area contributed by atoms with Gasteiger partial charge in [0.05, 0.1) is 0 Å². The van der Waals surface area contributed by atoms with Crippen LogP contribution in [0.25, 0.3) is 6.08 Å². The minimum Gasteiger partial charge on any atom is -0.350 e. The number of benzene rings is 1. The molecule has 1 aliphatic carbocycles. The lowest BCUT2D eigenvalue weighted by atomic mass is 10.1. The van der Waals surface area contributed by atoms with E-state index in [-0.39, 0.29) is 5.56 Å². The van der Waals surface area contributed by atoms with Crippen LogP contribution in [0.4, 0.5) is 22.0 Å². The van der Waals surface area contributed by atoms with Gasteiger partial charge in [0.15, 0.2) is 0 Å². The molecule has 0 saturated carbocycles. The topological polar surface area (TPSA) is 63.6 Å². The molecule has 0 saturated heterocycles. The van der Waals surface area contributed by atoms with Crippen molar-refractivity contribution in [3.63, 3.8) is 0 Å². The van der Waals surface area contributed by atoms with Gasteiger partial charge in [-0.2, -0.15) is 30.4 Å². The third-order valence-electron chi connectivity index (χ3n) is 2.98. The van der Waals surface area contributed by atoms with E-state index in [0.717, 1.165) is 6.08 Å². The number of hydrogen-bond donors (Lipinski definition) is 1. The van der Waals surface area contributed by atoms with E-state index in [1.807, 2.05) is 0 Å². The maximum absolute atomic E-state index is 13.4. The molecular formula is C12H9F5O4S. The fourth-order valence-corrected chi connectivity index (χ4v) is 2.42. The fraction of sp³-hybridized carbons (Fsp3) is 0.333. The minimum absolute atomic E-state index is 0.183. The van der Waals surface area contributed by atoms with Crippen molar-refractivity contribution in [3.05, 3.63) is 41.5 Å². The molecule has 1 aromatic rings. The van der Waals surface area contributed by atoms with Crippen LogP contribution in [0.1, 0.15) is 17.2 Å². The lowest BCUT2D eigenvalue weighted by Crippen LogP contribution is -2.51. The van der Waals surface area contributed by atoms with Gasteiger partial charge in [0.2, 0.25) is 6.10 Å². The van der Waals surface area contributed by atoms with E-state index in [1.165, 1.54) is 24.3 Å². The van der Waals surface area contributed by atoms with Crippen LogP contribution in [0.3, 0.4) is 0 Å². The molecule has 2 unspecified atom stereocenters. The van der Waals surface area contributed by atoms with Gasteiger partial charge in [0.1, 0.15) is 6.10 Å². The molecule has 1 aliphatic rings. The van der Waals surface area contributed by atoms with Gasteiger partial charge in [-0.3, -0.25) is 4.55 Å². The van der Waals surface area contributed by atoms with Crippen LogP contribution in [-0.4, -0.2) is 30.5 Å². The first kappa shape index (κ1) is 16.8. The van der Waals surface area contributed by atoms with Crippen molar-refractivity contribution in [3.8, 4) is 0 Å². The van der Waals surface area contributed by atoms with Gasteiger partial charge in [0.25, 0.3) is 0 Å². The first-order chi connectivity index (χ1) is 9.94. The summed E-state index contributed by atoms with van der Waals surface area (Å²) in [5.74, 6) is 0. The second kappa shape index (κ2) is 5.28. The molecule has 0 fully saturated rings. The standard InChI is InChI=1S/C12H9F5O4S/c13-11(14,15)10(12(16,17)22(18,19)20)21-9-6-5-7-3-1-2-4-8(7)9/h1-6,9-10H,(H,18,19,20). The van der Waals surface area contributed by atoms with Gasteiger partial charge in [-0.05, 0) is 11.1 Å². The third kappa shape index (κ3) is 2.99. The van der Waals surface area contributed by atoms with Gasteiger partial charge < -0.3 is 4.74 Å². The molecule has 0 spiro atoms. The van der Waals surface area contributed by atoms with Crippen molar-refractivity contribution in [2.45, 2.75) is 23.6 Å². The zero-order chi connectivity index (χ0) is 16.8. The van der Waals surface area contributed by atoms with Crippen molar-refractivity contribution in [2.75, 3.05) is 0 Å². The first-order valence-corrected chi connectivity index (χ1v) is 7.23. The van der Waals surface area contributed by atoms with Crippen LogP contribution in [0, 0.1) is 0 Å². The second-order valence-electron chi connectivity index (χ2n) is 4.50. The van der Waals surface area contributed by atoms with E-state index in [9.17, 15) is 30.4 Å². The summed E-state index contributed by atoms with van der Waals surface area (Å²) < 4.78 is 98.9. The van der Waals surface area contributed by atoms with E-state index in [0.29, 0.717) is 5.56 Å². The third-order valence-corrected chi connectivity index (χ3v) is 3.88. The average molecular weight is 344 g/mol. The predicted octanol–water partition coefficient (Wildman–Crippen LogP) is 3.18. The molecule has 0 heterocycles. The van der Waals surface area contributed by atoms with Gasteiger partial charge in [-0.15, -0.1) is 0 Å². The summed E-state index contributed by atoms with van der Waals surface area (Å²) in [4.78, 5) is 0. The summed E-state index contributed by atoms with van der Waals surface area (Å²) in [6.07, 6.45) is -8.76. The molecule has 2 rings (SSSR count). The highest BCUT2D eigenvalue weighted by molar-refractivity contribution is 7.86. The van der Waals surface area contributed by atoms with Gasteiger partial charge in [-0.25, -0.2) is 0 Å². The van der Waals surface area contributed by atoms with E-state index < -0.39 is 33.8 Å². The SMILES string of the molecule is O=S(=O)(O)C(F)(F)C(OC1C=Cc2ccccc21)C(F)(F)F. The Morgan fingerprint density at radius 3 is 2.27 bits per heavy atom. The fourth-order valence-electron chi connectivity index (χ4n) is 1.96. The summed E-state index contributed by atoms with van der Waals surface area (Å²) in [6, 6.07) is 5.93. The van der Waals surface area contributed by atoms with Crippen LogP contribution in [0.2, 0.25) is 0 Å². The Labute approximate surface area is 121 Å². The highest BCUT2D eigenvalue weighted by atomic mass is 32.2. The number of halogens is 5. The molecule has 0 bridgehead atoms. The second-order valence-corrected chi connectivity index (χ2v) is 6.00. The molecule has 0 aromatic heterocycles. The molecule has 0 aliphatic heterocycles. The van der Waals surface area contributed by atoms with E-state index >= 15 is 0 Å². The number of fused-ring (bicyclic) bond motifs is 1. The smallest absolute Gasteiger partial charge is 0.350 e. The van der Waals surface area contributed by atoms with Crippen molar-refractivity contribution in [2.24, 2.45) is 0 Å². The Kier molecular flexibility index (Phi) is 4.05. The van der Waals surface area contributed by atoms with Crippen molar-refractivity contribution in [1.29, 1.82) is 0 Å². The molecule has 0 radical (unpaired) electrons. The van der Waals surface area contributed by atoms with Gasteiger partial charge in [-0.1, -0.05) is 36.4 Å². The molecule has 22 heavy (non-hydrogen) atoms. The van der Waals surface area contributed by atoms with Crippen LogP contribution < -0.4 is 0 Å². The Balaban J connectivity index is 2.37. The highest BCUT2D eigenvalue weighted by Gasteiger charge is 2.65. The van der Waals surface area contributed by atoms with Crippen molar-refractivity contribution < 1.29 is 39.7 Å². The number of alkyl halides is 5. The number of ether oxygens (including phenoxy) is 1. The Morgan fingerprint density at radius 1 is 1.14 bits per heavy atom. The number of hydrogen-bond acceptors (Lipinski definition) is 3. The molecule has 0 amide bonds. The molecule has 2 atom stereocenters. The summed E-state index contributed by atoms with van der Waals surface area (Å²) >= 11 is 0. The average Bonchev–Trinajstić information content (AvgIpc) is 2.76. The summed E-state index contributed by atoms with van der Waals surface area (Å²) in [5.41, 5.74) is 0.645. The van der Waals surface area contributed by atoms with Crippen LogP contribution in [-0.2, 0) is 14.9 Å². The summed E-state index contributed by atoms with van der Waals surface area (Å²) in [7, 11) is -6.31. The molecule has 1 aromatic carbocycles. The van der Waals surface area contributed by atoms with Crippen molar-refractivity contribution in [1.82, 2.24) is 0 Å². The van der Waals surface area contributed by atoms with E-state index in [4.69, 9.17) is 4.55 Å². The monoisotopic (exact) mass is 344 g/mol. The van der Waals surface area contributed by atoms with Crippen LogP contribution in [0.15, 0.2) is 30.3 Å². The predicted molar refractivity (Wildman–Crippen MR) is 65.6 cm³/mol. The van der Waals surface area contributed by atoms with E-state index in [1.54, 1.807) is 6.07 Å². The maximum atomic E-state index is 13.4. The Morgan fingerprint density at radius 2 is 1.73 bits per heavy atom. The number of rotatable bonds is 4. The molecule has 1 N–H and O–H groups in total. The van der Waals surface area contributed by atoms with Gasteiger partial charge >= 0.3 is 21.5 Å². The molecule has 4 nitrogen and oxygen atoms in total. The zero-order valence-corrected chi connectivity index (χ0v) is 11.4. The quantitative estimate of drug-likeness (QED) is 0.673. The van der Waals surface area contributed by atoms with Crippen LogP contribution >= 0.6 is 0 Å². The summed E-state index contributed by atoms with van der Waals surface area (Å²) in [6.45, 7) is 0. The molecule has 10 heteroatoms. The van der Waals surface area contributed by atoms with Crippen molar-refractivity contribution >= 4 is 16.2 Å². The Bertz CT molecular complexity index is 696. The zero-order valence-electron chi connectivity index (χ0n) is 10.6. The normalized spacial score (nSPS) is 20.0. The Hall–Kier alpha value is -1.52. The largest absolute Gasteiger partial charge is 0.421 e. The van der Waals surface area contributed by atoms with E-state index in [2.05, 4.69) is 4.74 Å². The lowest BCUT2D eigenvalue weighted by molar-refractivity contribution is -0.272. The minimum atomic E-state index is -6.31. The first-order valence-electron chi connectivity index (χ1n) is 5.79. The summed E-state index contributed by atoms with van der Waals surface area (Å²) in [5, 5.41) is -5.53. The maximum Gasteiger partial charge on any atom is 0.421 e. The van der Waals surface area contributed by atoms with Gasteiger partial charge in [0, 0.05) is 0 Å². The van der Waals surface area contributed by atoms with Crippen LogP contribution in [0.5, 0.6) is 0 Å². The molecular weight excluding hydrogens is 335 g/mol. The lowest BCUT2D eigenvalue weighted by Gasteiger charge is -2.28. The highest BCUT2D eigenvalue weighted by Crippen LogP contribution is 2.42.